The van der Waals surface area contributed by atoms with Crippen LogP contribution in [0.4, 0.5) is 10.1 Å². The van der Waals surface area contributed by atoms with Crippen LogP contribution in [-0.2, 0) is 37.4 Å². The van der Waals surface area contributed by atoms with Crippen LogP contribution in [0.25, 0.3) is 0 Å². The van der Waals surface area contributed by atoms with Crippen LogP contribution in [0.5, 0.6) is 11.5 Å². The first kappa shape index (κ1) is 38.8. The summed E-state index contributed by atoms with van der Waals surface area (Å²) in [6.45, 7) is 11.1. The van der Waals surface area contributed by atoms with Crippen LogP contribution in [0.1, 0.15) is 65.5 Å². The van der Waals surface area contributed by atoms with Gasteiger partial charge < -0.3 is 20.3 Å². The standard InChI is InChI=1S/C38H42ClFN4O6S.CH4/c1-6-25-21-38(25,35(47)43-51(48,49)37(5)16-17-37)42-33(45)31-19-24-18-30(50-29-9-7-8-26(39)20-29)15-10-23(24)22-44(31)34(46)32(36(2,3)4)41-28-13-11-27(40)12-14-28;/h6-15,18,20,25,31-32,41H,1,16-17,19,21-22H2,2-5H3,(H,42,45)(H,43,47);1H4/t25-,31+,32-,38-;/m1./s1. The van der Waals surface area contributed by atoms with Crippen LogP contribution in [0.3, 0.4) is 0 Å². The fourth-order valence-electron chi connectivity index (χ4n) is 6.40. The van der Waals surface area contributed by atoms with E-state index in [4.69, 9.17) is 16.3 Å². The van der Waals surface area contributed by atoms with Crippen LogP contribution >= 0.6 is 11.6 Å². The van der Waals surface area contributed by atoms with Crippen LogP contribution in [-0.4, -0.2) is 53.4 Å². The molecule has 13 heteroatoms. The Hall–Kier alpha value is -4.42. The summed E-state index contributed by atoms with van der Waals surface area (Å²) in [5, 5.41) is 6.61. The predicted molar refractivity (Wildman–Crippen MR) is 200 cm³/mol. The van der Waals surface area contributed by atoms with Crippen molar-refractivity contribution in [3.63, 3.8) is 0 Å². The summed E-state index contributed by atoms with van der Waals surface area (Å²) in [4.78, 5) is 44.2. The minimum atomic E-state index is -3.98. The molecule has 0 spiro atoms. The monoisotopic (exact) mass is 752 g/mol. The number of hydrogen-bond acceptors (Lipinski definition) is 7. The molecule has 3 aliphatic rings. The van der Waals surface area contributed by atoms with Gasteiger partial charge in [0, 0.05) is 29.6 Å². The van der Waals surface area contributed by atoms with E-state index >= 15 is 0 Å². The fraction of sp³-hybridized carbons (Fsp3) is 0.410. The highest BCUT2D eigenvalue weighted by Crippen LogP contribution is 2.47. The predicted octanol–water partition coefficient (Wildman–Crippen LogP) is 6.75. The molecule has 3 N–H and O–H groups in total. The minimum Gasteiger partial charge on any atom is -0.457 e. The molecule has 0 saturated heterocycles. The molecule has 0 radical (unpaired) electrons. The summed E-state index contributed by atoms with van der Waals surface area (Å²) in [6, 6.07) is 16.1. The maximum absolute atomic E-state index is 14.6. The lowest BCUT2D eigenvalue weighted by molar-refractivity contribution is -0.145. The molecule has 3 aromatic carbocycles. The summed E-state index contributed by atoms with van der Waals surface area (Å²) >= 11 is 6.15. The van der Waals surface area contributed by atoms with Crippen LogP contribution < -0.4 is 20.1 Å². The van der Waals surface area contributed by atoms with Crippen LogP contribution in [0.2, 0.25) is 5.02 Å². The van der Waals surface area contributed by atoms with Crippen molar-refractivity contribution in [2.24, 2.45) is 11.3 Å². The Morgan fingerprint density at radius 2 is 1.71 bits per heavy atom. The van der Waals surface area contributed by atoms with Gasteiger partial charge in [0.05, 0.1) is 4.75 Å². The number of sulfonamides is 1. The molecule has 1 aliphatic heterocycles. The quantitative estimate of drug-likeness (QED) is 0.185. The Balaban J connectivity index is 0.00000523. The van der Waals surface area contributed by atoms with E-state index in [-0.39, 0.29) is 32.7 Å². The molecule has 10 nitrogen and oxygen atoms in total. The summed E-state index contributed by atoms with van der Waals surface area (Å²) in [7, 11) is -3.98. The number of halogens is 2. The number of carbonyl (C=O) groups is 3. The van der Waals surface area contributed by atoms with E-state index in [0.717, 1.165) is 11.1 Å². The van der Waals surface area contributed by atoms with Gasteiger partial charge in [0.2, 0.25) is 21.8 Å². The molecule has 52 heavy (non-hydrogen) atoms. The number of fused-ring (bicyclic) bond motifs is 1. The zero-order chi connectivity index (χ0) is 36.9. The summed E-state index contributed by atoms with van der Waals surface area (Å²) in [5.41, 5.74) is -0.109. The van der Waals surface area contributed by atoms with E-state index in [1.165, 1.54) is 23.1 Å². The highest BCUT2D eigenvalue weighted by Gasteiger charge is 2.62. The average molecular weight is 753 g/mol. The molecular weight excluding hydrogens is 707 g/mol. The number of amides is 3. The number of carbonyl (C=O) groups excluding carboxylic acids is 3. The van der Waals surface area contributed by atoms with E-state index in [1.54, 1.807) is 49.4 Å². The van der Waals surface area contributed by atoms with Gasteiger partial charge in [-0.2, -0.15) is 0 Å². The fourth-order valence-corrected chi connectivity index (χ4v) is 7.89. The first-order chi connectivity index (χ1) is 23.9. The van der Waals surface area contributed by atoms with Crippen molar-refractivity contribution >= 4 is 45.0 Å². The normalized spacial score (nSPS) is 22.1. The molecule has 4 atom stereocenters. The van der Waals surface area contributed by atoms with E-state index < -0.39 is 61.4 Å². The third-order valence-electron chi connectivity index (χ3n) is 10.1. The number of ether oxygens (including phenoxy) is 1. The van der Waals surface area contributed by atoms with Crippen molar-refractivity contribution in [2.75, 3.05) is 5.32 Å². The van der Waals surface area contributed by atoms with Gasteiger partial charge in [-0.3, -0.25) is 19.1 Å². The number of nitrogens with one attached hydrogen (secondary N) is 3. The summed E-state index contributed by atoms with van der Waals surface area (Å²) in [5.74, 6) is -1.72. The highest BCUT2D eigenvalue weighted by atomic mass is 35.5. The third-order valence-corrected chi connectivity index (χ3v) is 12.5. The van der Waals surface area contributed by atoms with Gasteiger partial charge in [-0.05, 0) is 97.3 Å². The van der Waals surface area contributed by atoms with E-state index in [2.05, 4.69) is 21.9 Å². The van der Waals surface area contributed by atoms with Gasteiger partial charge in [-0.15, -0.1) is 6.58 Å². The summed E-state index contributed by atoms with van der Waals surface area (Å²) < 4.78 is 47.0. The molecule has 2 fully saturated rings. The molecule has 0 aromatic heterocycles. The molecule has 1 heterocycles. The molecule has 2 saturated carbocycles. The molecule has 3 aromatic rings. The Bertz CT molecular complexity index is 2000. The van der Waals surface area contributed by atoms with Gasteiger partial charge in [0.25, 0.3) is 5.91 Å². The molecule has 6 rings (SSSR count). The van der Waals surface area contributed by atoms with Crippen molar-refractivity contribution in [2.45, 2.75) is 89.7 Å². The second-order valence-corrected chi connectivity index (χ2v) is 17.7. The van der Waals surface area contributed by atoms with Gasteiger partial charge >= 0.3 is 0 Å². The van der Waals surface area contributed by atoms with Crippen molar-refractivity contribution in [3.05, 3.63) is 101 Å². The molecule has 0 unspecified atom stereocenters. The lowest BCUT2D eigenvalue weighted by Gasteiger charge is -2.41. The first-order valence-electron chi connectivity index (χ1n) is 16.8. The van der Waals surface area contributed by atoms with Crippen LogP contribution in [0.15, 0.2) is 79.4 Å². The molecule has 3 amide bonds. The SMILES string of the molecule is C.C=C[C@@H]1C[C@]1(NC(=O)[C@@H]1Cc2cc(Oc3cccc(Cl)c3)ccc2CN1C(=O)[C@@H](Nc1ccc(F)cc1)C(C)(C)C)C(=O)NS(=O)(=O)C1(C)CC1. The third kappa shape index (κ3) is 7.83. The largest absolute Gasteiger partial charge is 0.457 e. The van der Waals surface area contributed by atoms with E-state index in [0.29, 0.717) is 35.1 Å². The van der Waals surface area contributed by atoms with Crippen LogP contribution in [0, 0.1) is 17.2 Å². The number of benzene rings is 3. The van der Waals surface area contributed by atoms with Gasteiger partial charge in [0.15, 0.2) is 0 Å². The molecular formula is C39H46ClFN4O6S. The number of anilines is 1. The second-order valence-electron chi connectivity index (χ2n) is 15.0. The molecule has 278 valence electrons. The molecule has 0 bridgehead atoms. The maximum Gasteiger partial charge on any atom is 0.259 e. The maximum atomic E-state index is 14.6. The van der Waals surface area contributed by atoms with Gasteiger partial charge in [0.1, 0.15) is 34.9 Å². The topological polar surface area (TPSA) is 134 Å². The van der Waals surface area contributed by atoms with Crippen molar-refractivity contribution in [1.29, 1.82) is 0 Å². The smallest absolute Gasteiger partial charge is 0.259 e. The average Bonchev–Trinajstić information content (AvgIpc) is 3.99. The number of nitrogens with zero attached hydrogens (tertiary/aromatic N) is 1. The highest BCUT2D eigenvalue weighted by molar-refractivity contribution is 7.91. The Morgan fingerprint density at radius 3 is 2.31 bits per heavy atom. The Labute approximate surface area is 310 Å². The molecule has 2 aliphatic carbocycles. The summed E-state index contributed by atoms with van der Waals surface area (Å²) in [6.07, 6.45) is 2.63. The van der Waals surface area contributed by atoms with Crippen molar-refractivity contribution in [1.82, 2.24) is 14.9 Å². The van der Waals surface area contributed by atoms with E-state index in [9.17, 15) is 27.2 Å². The minimum absolute atomic E-state index is 0. The van der Waals surface area contributed by atoms with Gasteiger partial charge in [-0.1, -0.05) is 58.0 Å². The Kier molecular flexibility index (Phi) is 10.6. The number of hydrogen-bond donors (Lipinski definition) is 3. The lowest BCUT2D eigenvalue weighted by Crippen LogP contribution is -2.61. The second kappa shape index (κ2) is 14.2. The zero-order valence-electron chi connectivity index (χ0n) is 29.0. The van der Waals surface area contributed by atoms with Gasteiger partial charge in [-0.25, -0.2) is 12.8 Å². The lowest BCUT2D eigenvalue weighted by atomic mass is 9.84. The first-order valence-corrected chi connectivity index (χ1v) is 18.7. The van der Waals surface area contributed by atoms with Crippen molar-refractivity contribution < 1.29 is 31.9 Å². The zero-order valence-corrected chi connectivity index (χ0v) is 30.5. The Morgan fingerprint density at radius 1 is 1.04 bits per heavy atom. The van der Waals surface area contributed by atoms with Crippen molar-refractivity contribution in [3.8, 4) is 11.5 Å². The van der Waals surface area contributed by atoms with E-state index in [1.807, 2.05) is 32.9 Å². The number of rotatable bonds is 11.